The molecule has 0 spiro atoms. The first-order chi connectivity index (χ1) is 13.8. The van der Waals surface area contributed by atoms with Crippen LogP contribution in [0, 0.1) is 12.8 Å². The van der Waals surface area contributed by atoms with Crippen molar-refractivity contribution < 1.29 is 4.79 Å². The molecule has 1 aliphatic rings. The van der Waals surface area contributed by atoms with E-state index in [0.29, 0.717) is 29.0 Å². The molecular formula is C21H28N6OS. The third kappa shape index (κ3) is 4.17. The van der Waals surface area contributed by atoms with Crippen molar-refractivity contribution >= 4 is 23.1 Å². The van der Waals surface area contributed by atoms with Crippen LogP contribution in [0.4, 0.5) is 0 Å². The number of hydrogen-bond donors (Lipinski definition) is 1. The highest BCUT2D eigenvalue weighted by Gasteiger charge is 2.26. The van der Waals surface area contributed by atoms with E-state index in [4.69, 9.17) is 5.10 Å². The van der Waals surface area contributed by atoms with Crippen molar-refractivity contribution in [3.63, 3.8) is 0 Å². The third-order valence-corrected chi connectivity index (χ3v) is 6.66. The number of hydrogen-bond acceptors (Lipinski definition) is 6. The van der Waals surface area contributed by atoms with Gasteiger partial charge in [0.1, 0.15) is 4.88 Å². The lowest BCUT2D eigenvalue weighted by atomic mass is 9.80. The average molecular weight is 413 g/mol. The number of aromatic nitrogens is 5. The number of nitrogens with one attached hydrogen (secondary N) is 1. The van der Waals surface area contributed by atoms with E-state index in [-0.39, 0.29) is 11.3 Å². The average Bonchev–Trinajstić information content (AvgIpc) is 3.32. The van der Waals surface area contributed by atoms with Crippen LogP contribution in [-0.2, 0) is 5.41 Å². The van der Waals surface area contributed by atoms with Gasteiger partial charge in [0.25, 0.3) is 5.91 Å². The molecule has 1 aliphatic carbocycles. The van der Waals surface area contributed by atoms with Crippen LogP contribution in [0.3, 0.4) is 0 Å². The Bertz CT molecular complexity index is 1010. The minimum absolute atomic E-state index is 0.00674. The third-order valence-electron chi connectivity index (χ3n) is 5.83. The summed E-state index contributed by atoms with van der Waals surface area (Å²) >= 11 is 1.16. The molecule has 29 heavy (non-hydrogen) atoms. The van der Waals surface area contributed by atoms with E-state index >= 15 is 0 Å². The summed E-state index contributed by atoms with van der Waals surface area (Å²) in [6.45, 7) is 9.07. The molecule has 1 amide bonds. The Hall–Kier alpha value is -2.35. The Morgan fingerprint density at radius 2 is 2.03 bits per heavy atom. The normalized spacial score (nSPS) is 20.1. The second kappa shape index (κ2) is 7.82. The van der Waals surface area contributed by atoms with Gasteiger partial charge in [-0.1, -0.05) is 25.3 Å². The van der Waals surface area contributed by atoms with Crippen LogP contribution in [0.1, 0.15) is 79.1 Å². The Balaban J connectivity index is 1.39. The molecule has 3 aromatic rings. The molecule has 4 rings (SSSR count). The summed E-state index contributed by atoms with van der Waals surface area (Å²) < 4.78 is 5.87. The highest BCUT2D eigenvalue weighted by atomic mass is 32.1. The molecule has 0 radical (unpaired) electrons. The maximum absolute atomic E-state index is 12.3. The van der Waals surface area contributed by atoms with Gasteiger partial charge in [0, 0.05) is 35.8 Å². The first-order valence-electron chi connectivity index (χ1n) is 10.2. The van der Waals surface area contributed by atoms with E-state index in [0.717, 1.165) is 48.6 Å². The predicted molar refractivity (Wildman–Crippen MR) is 113 cm³/mol. The number of carbonyl (C=O) groups is 1. The lowest BCUT2D eigenvalue weighted by molar-refractivity contribution is 0.0946. The van der Waals surface area contributed by atoms with Crippen molar-refractivity contribution in [1.82, 2.24) is 29.5 Å². The fourth-order valence-electron chi connectivity index (χ4n) is 4.01. The Morgan fingerprint density at radius 1 is 1.28 bits per heavy atom. The van der Waals surface area contributed by atoms with Gasteiger partial charge in [0.2, 0.25) is 0 Å². The van der Waals surface area contributed by atoms with Crippen molar-refractivity contribution in [2.75, 3.05) is 6.54 Å². The maximum atomic E-state index is 12.3. The van der Waals surface area contributed by atoms with Gasteiger partial charge in [-0.25, -0.2) is 9.50 Å². The minimum Gasteiger partial charge on any atom is -0.351 e. The molecule has 154 valence electrons. The maximum Gasteiger partial charge on any atom is 0.264 e. The van der Waals surface area contributed by atoms with Crippen LogP contribution in [0.15, 0.2) is 18.3 Å². The molecule has 0 saturated heterocycles. The summed E-state index contributed by atoms with van der Waals surface area (Å²) in [6.07, 6.45) is 6.30. The van der Waals surface area contributed by atoms with Crippen LogP contribution in [0.5, 0.6) is 0 Å². The molecule has 7 nitrogen and oxygen atoms in total. The van der Waals surface area contributed by atoms with Gasteiger partial charge in [0.15, 0.2) is 5.65 Å². The van der Waals surface area contributed by atoms with E-state index in [9.17, 15) is 4.79 Å². The summed E-state index contributed by atoms with van der Waals surface area (Å²) in [4.78, 5) is 17.4. The van der Waals surface area contributed by atoms with Gasteiger partial charge in [-0.2, -0.15) is 5.10 Å². The molecule has 1 saturated carbocycles. The number of carbonyl (C=O) groups excluding carboxylic acids is 1. The molecule has 0 atom stereocenters. The van der Waals surface area contributed by atoms with Gasteiger partial charge < -0.3 is 5.32 Å². The van der Waals surface area contributed by atoms with E-state index in [1.807, 2.05) is 17.6 Å². The van der Waals surface area contributed by atoms with Crippen LogP contribution in [-0.4, -0.2) is 36.6 Å². The Morgan fingerprint density at radius 3 is 2.69 bits per heavy atom. The van der Waals surface area contributed by atoms with Gasteiger partial charge in [-0.15, -0.1) is 5.10 Å². The number of fused-ring (bicyclic) bond motifs is 1. The smallest absolute Gasteiger partial charge is 0.264 e. The van der Waals surface area contributed by atoms with Crippen LogP contribution >= 0.6 is 11.5 Å². The second-order valence-electron chi connectivity index (χ2n) is 9.03. The zero-order valence-electron chi connectivity index (χ0n) is 17.5. The fraction of sp³-hybridized carbons (Fsp3) is 0.571. The number of amides is 1. The highest BCUT2D eigenvalue weighted by Crippen LogP contribution is 2.36. The highest BCUT2D eigenvalue weighted by molar-refractivity contribution is 7.07. The molecule has 8 heteroatoms. The van der Waals surface area contributed by atoms with E-state index in [1.54, 1.807) is 0 Å². The summed E-state index contributed by atoms with van der Waals surface area (Å²) in [5, 5.41) is 11.8. The van der Waals surface area contributed by atoms with Crippen LogP contribution in [0.2, 0.25) is 0 Å². The summed E-state index contributed by atoms with van der Waals surface area (Å²) in [7, 11) is 0. The van der Waals surface area contributed by atoms with Gasteiger partial charge >= 0.3 is 0 Å². The van der Waals surface area contributed by atoms with Crippen molar-refractivity contribution in [2.24, 2.45) is 5.92 Å². The molecule has 3 aromatic heterocycles. The van der Waals surface area contributed by atoms with Crippen LogP contribution in [0.25, 0.3) is 5.65 Å². The van der Waals surface area contributed by atoms with Crippen LogP contribution < -0.4 is 5.32 Å². The van der Waals surface area contributed by atoms with E-state index < -0.39 is 0 Å². The van der Waals surface area contributed by atoms with Crippen molar-refractivity contribution in [2.45, 2.75) is 64.7 Å². The van der Waals surface area contributed by atoms with Crippen molar-refractivity contribution in [1.29, 1.82) is 0 Å². The zero-order chi connectivity index (χ0) is 20.6. The van der Waals surface area contributed by atoms with E-state index in [2.05, 4.69) is 52.8 Å². The molecule has 3 heterocycles. The van der Waals surface area contributed by atoms with Crippen molar-refractivity contribution in [3.05, 3.63) is 40.3 Å². The summed E-state index contributed by atoms with van der Waals surface area (Å²) in [5.74, 6) is 0.936. The molecule has 0 aliphatic heterocycles. The second-order valence-corrected chi connectivity index (χ2v) is 9.79. The molecule has 0 aromatic carbocycles. The predicted octanol–water partition coefficient (Wildman–Crippen LogP) is 3.89. The SMILES string of the molecule is Cc1nnsc1C(=O)NCC1CCC(c2ccnc3cc(C(C)(C)C)nn23)CC1. The molecule has 0 bridgehead atoms. The summed E-state index contributed by atoms with van der Waals surface area (Å²) in [5.41, 5.74) is 3.95. The lowest BCUT2D eigenvalue weighted by Crippen LogP contribution is -2.31. The first-order valence-corrected chi connectivity index (χ1v) is 11.0. The van der Waals surface area contributed by atoms with Gasteiger partial charge in [-0.05, 0) is 56.1 Å². The monoisotopic (exact) mass is 412 g/mol. The van der Waals surface area contributed by atoms with Gasteiger partial charge in [0.05, 0.1) is 11.4 Å². The van der Waals surface area contributed by atoms with Gasteiger partial charge in [-0.3, -0.25) is 4.79 Å². The Kier molecular flexibility index (Phi) is 5.38. The molecule has 1 fully saturated rings. The Labute approximate surface area is 175 Å². The topological polar surface area (TPSA) is 85.1 Å². The minimum atomic E-state index is -0.0540. The number of nitrogens with zero attached hydrogens (tertiary/aromatic N) is 5. The first kappa shape index (κ1) is 19.9. The van der Waals surface area contributed by atoms with Crippen molar-refractivity contribution in [3.8, 4) is 0 Å². The largest absolute Gasteiger partial charge is 0.351 e. The molecule has 1 N–H and O–H groups in total. The lowest BCUT2D eigenvalue weighted by Gasteiger charge is -2.29. The molecule has 0 unspecified atom stereocenters. The van der Waals surface area contributed by atoms with E-state index in [1.165, 1.54) is 5.69 Å². The quantitative estimate of drug-likeness (QED) is 0.703. The standard InChI is InChI=1S/C21H28N6OS/c1-13-19(29-26-24-13)20(28)23-12-14-5-7-15(8-6-14)16-9-10-22-18-11-17(21(2,3)4)25-27(16)18/h9-11,14-15H,5-8,12H2,1-4H3,(H,23,28). The number of rotatable bonds is 4. The fourth-order valence-corrected chi connectivity index (χ4v) is 4.58. The summed E-state index contributed by atoms with van der Waals surface area (Å²) in [6, 6.07) is 4.21. The molecular weight excluding hydrogens is 384 g/mol. The zero-order valence-corrected chi connectivity index (χ0v) is 18.3. The number of aryl methyl sites for hydroxylation is 1.